The van der Waals surface area contributed by atoms with Crippen LogP contribution in [0.15, 0.2) is 46.1 Å². The SMILES string of the molecule is COC(=O)c1c(Cc2ccc(S(C)(=O)=O)cc2)c(=O)c2ccc(C)nc2n1C1CC1. The highest BCUT2D eigenvalue weighted by Crippen LogP contribution is 2.38. The third-order valence-corrected chi connectivity index (χ3v) is 6.44. The molecule has 0 bridgehead atoms. The molecule has 8 heteroatoms. The van der Waals surface area contributed by atoms with Gasteiger partial charge in [-0.15, -0.1) is 0 Å². The zero-order chi connectivity index (χ0) is 21.6. The fourth-order valence-electron chi connectivity index (χ4n) is 3.65. The van der Waals surface area contributed by atoms with Crippen LogP contribution in [0, 0.1) is 6.92 Å². The number of methoxy groups -OCH3 is 1. The summed E-state index contributed by atoms with van der Waals surface area (Å²) in [6, 6.07) is 9.97. The number of pyridine rings is 2. The molecule has 2 aromatic heterocycles. The molecule has 1 saturated carbocycles. The molecule has 2 heterocycles. The molecule has 156 valence electrons. The van der Waals surface area contributed by atoms with E-state index in [1.807, 2.05) is 11.5 Å². The number of benzene rings is 1. The van der Waals surface area contributed by atoms with Gasteiger partial charge in [0.05, 0.1) is 17.4 Å². The van der Waals surface area contributed by atoms with E-state index in [-0.39, 0.29) is 28.5 Å². The number of hydrogen-bond donors (Lipinski definition) is 0. The Labute approximate surface area is 174 Å². The second kappa shape index (κ2) is 7.36. The first-order valence-corrected chi connectivity index (χ1v) is 11.5. The van der Waals surface area contributed by atoms with Gasteiger partial charge < -0.3 is 9.30 Å². The Kier molecular flexibility index (Phi) is 4.97. The van der Waals surface area contributed by atoms with Crippen molar-refractivity contribution in [1.82, 2.24) is 9.55 Å². The van der Waals surface area contributed by atoms with Crippen molar-refractivity contribution in [2.45, 2.75) is 37.1 Å². The van der Waals surface area contributed by atoms with E-state index in [0.29, 0.717) is 16.6 Å². The van der Waals surface area contributed by atoms with E-state index < -0.39 is 15.8 Å². The number of carbonyl (C=O) groups excluding carboxylic acids is 1. The van der Waals surface area contributed by atoms with E-state index in [1.54, 1.807) is 24.3 Å². The van der Waals surface area contributed by atoms with Crippen LogP contribution in [-0.4, -0.2) is 37.3 Å². The number of rotatable bonds is 5. The number of aryl methyl sites for hydroxylation is 1. The minimum absolute atomic E-state index is 0.0999. The highest BCUT2D eigenvalue weighted by atomic mass is 32.2. The van der Waals surface area contributed by atoms with Gasteiger partial charge in [0, 0.05) is 30.0 Å². The fourth-order valence-corrected chi connectivity index (χ4v) is 4.28. The summed E-state index contributed by atoms with van der Waals surface area (Å²) in [7, 11) is -2.02. The number of ether oxygens (including phenoxy) is 1. The Balaban J connectivity index is 1.94. The van der Waals surface area contributed by atoms with Crippen molar-refractivity contribution in [2.75, 3.05) is 13.4 Å². The third kappa shape index (κ3) is 3.63. The molecule has 0 radical (unpaired) electrons. The number of esters is 1. The van der Waals surface area contributed by atoms with Gasteiger partial charge in [0.2, 0.25) is 0 Å². The van der Waals surface area contributed by atoms with Crippen LogP contribution in [0.4, 0.5) is 0 Å². The van der Waals surface area contributed by atoms with Gasteiger partial charge >= 0.3 is 5.97 Å². The van der Waals surface area contributed by atoms with Crippen LogP contribution in [0.5, 0.6) is 0 Å². The number of fused-ring (bicyclic) bond motifs is 1. The normalized spacial score (nSPS) is 14.1. The van der Waals surface area contributed by atoms with Crippen LogP contribution in [0.3, 0.4) is 0 Å². The van der Waals surface area contributed by atoms with E-state index >= 15 is 0 Å². The molecule has 0 aliphatic heterocycles. The zero-order valence-electron chi connectivity index (χ0n) is 17.0. The standard InChI is InChI=1S/C22H22N2O5S/c1-13-4-11-17-20(25)18(12-14-5-9-16(10-6-14)30(3,27)28)19(22(26)29-2)24(15-7-8-15)21(17)23-13/h4-6,9-11,15H,7-8,12H2,1-3H3. The topological polar surface area (TPSA) is 95.3 Å². The Morgan fingerprint density at radius 3 is 2.40 bits per heavy atom. The van der Waals surface area contributed by atoms with Crippen molar-refractivity contribution in [3.8, 4) is 0 Å². The average Bonchev–Trinajstić information content (AvgIpc) is 3.53. The molecule has 0 saturated heterocycles. The van der Waals surface area contributed by atoms with Gasteiger partial charge in [-0.3, -0.25) is 4.79 Å². The van der Waals surface area contributed by atoms with Crippen molar-refractivity contribution in [3.63, 3.8) is 0 Å². The molecule has 0 N–H and O–H groups in total. The molecule has 3 aromatic rings. The fraction of sp³-hybridized carbons (Fsp3) is 0.318. The molecule has 1 aliphatic carbocycles. The number of hydrogen-bond acceptors (Lipinski definition) is 6. The quantitative estimate of drug-likeness (QED) is 0.582. The Hall–Kier alpha value is -3.00. The van der Waals surface area contributed by atoms with Gasteiger partial charge in [-0.25, -0.2) is 18.2 Å². The van der Waals surface area contributed by atoms with Crippen LogP contribution < -0.4 is 5.43 Å². The third-order valence-electron chi connectivity index (χ3n) is 5.31. The molecular weight excluding hydrogens is 404 g/mol. The highest BCUT2D eigenvalue weighted by molar-refractivity contribution is 7.90. The van der Waals surface area contributed by atoms with Crippen LogP contribution in [-0.2, 0) is 21.0 Å². The van der Waals surface area contributed by atoms with Crippen molar-refractivity contribution in [3.05, 3.63) is 69.1 Å². The smallest absolute Gasteiger partial charge is 0.355 e. The van der Waals surface area contributed by atoms with Crippen molar-refractivity contribution in [2.24, 2.45) is 0 Å². The van der Waals surface area contributed by atoms with E-state index in [1.165, 1.54) is 19.2 Å². The molecular formula is C22H22N2O5S. The van der Waals surface area contributed by atoms with Crippen LogP contribution >= 0.6 is 0 Å². The molecule has 1 aliphatic rings. The molecule has 0 unspecified atom stereocenters. The van der Waals surface area contributed by atoms with Gasteiger partial charge in [0.25, 0.3) is 0 Å². The summed E-state index contributed by atoms with van der Waals surface area (Å²) >= 11 is 0. The lowest BCUT2D eigenvalue weighted by molar-refractivity contribution is 0.0586. The summed E-state index contributed by atoms with van der Waals surface area (Å²) in [5.41, 5.74) is 2.28. The number of sulfone groups is 1. The largest absolute Gasteiger partial charge is 0.464 e. The number of nitrogens with zero attached hydrogens (tertiary/aromatic N) is 2. The molecule has 1 aromatic carbocycles. The molecule has 0 spiro atoms. The summed E-state index contributed by atoms with van der Waals surface area (Å²) in [5, 5.41) is 0.461. The van der Waals surface area contributed by atoms with Gasteiger partial charge in [0.1, 0.15) is 11.3 Å². The first-order valence-electron chi connectivity index (χ1n) is 9.62. The van der Waals surface area contributed by atoms with E-state index in [0.717, 1.165) is 30.4 Å². The maximum Gasteiger partial charge on any atom is 0.355 e. The highest BCUT2D eigenvalue weighted by Gasteiger charge is 2.33. The van der Waals surface area contributed by atoms with E-state index in [2.05, 4.69) is 4.98 Å². The average molecular weight is 426 g/mol. The summed E-state index contributed by atoms with van der Waals surface area (Å²) in [5.74, 6) is -0.577. The summed E-state index contributed by atoms with van der Waals surface area (Å²) < 4.78 is 30.3. The lowest BCUT2D eigenvalue weighted by atomic mass is 10.0. The minimum atomic E-state index is -3.32. The first-order chi connectivity index (χ1) is 14.2. The monoisotopic (exact) mass is 426 g/mol. The second-order valence-electron chi connectivity index (χ2n) is 7.67. The molecule has 30 heavy (non-hydrogen) atoms. The van der Waals surface area contributed by atoms with E-state index in [4.69, 9.17) is 4.74 Å². The molecule has 0 atom stereocenters. The lowest BCUT2D eigenvalue weighted by Gasteiger charge is -2.18. The van der Waals surface area contributed by atoms with Crippen LogP contribution in [0.2, 0.25) is 0 Å². The Bertz CT molecular complexity index is 1320. The summed E-state index contributed by atoms with van der Waals surface area (Å²) in [6.07, 6.45) is 3.13. The molecule has 7 nitrogen and oxygen atoms in total. The van der Waals surface area contributed by atoms with E-state index in [9.17, 15) is 18.0 Å². The van der Waals surface area contributed by atoms with Gasteiger partial charge in [-0.1, -0.05) is 12.1 Å². The van der Waals surface area contributed by atoms with Gasteiger partial charge in [-0.2, -0.15) is 0 Å². The zero-order valence-corrected chi connectivity index (χ0v) is 17.8. The minimum Gasteiger partial charge on any atom is -0.464 e. The van der Waals surface area contributed by atoms with Crippen molar-refractivity contribution >= 4 is 26.8 Å². The Morgan fingerprint density at radius 2 is 1.83 bits per heavy atom. The lowest BCUT2D eigenvalue weighted by Crippen LogP contribution is -2.25. The van der Waals surface area contributed by atoms with Crippen molar-refractivity contribution < 1.29 is 17.9 Å². The van der Waals surface area contributed by atoms with Crippen LogP contribution in [0.1, 0.15) is 46.2 Å². The van der Waals surface area contributed by atoms with Gasteiger partial charge in [0.15, 0.2) is 15.3 Å². The molecule has 0 amide bonds. The maximum atomic E-state index is 13.3. The number of carbonyl (C=O) groups is 1. The number of aromatic nitrogens is 2. The predicted molar refractivity (Wildman–Crippen MR) is 113 cm³/mol. The van der Waals surface area contributed by atoms with Gasteiger partial charge in [-0.05, 0) is 49.6 Å². The molecule has 1 fully saturated rings. The summed E-state index contributed by atoms with van der Waals surface area (Å²) in [4.78, 5) is 30.9. The maximum absolute atomic E-state index is 13.3. The predicted octanol–water partition coefficient (Wildman–Crippen LogP) is 2.82. The first kappa shape index (κ1) is 20.3. The van der Waals surface area contributed by atoms with Crippen molar-refractivity contribution in [1.29, 1.82) is 0 Å². The molecule has 4 rings (SSSR count). The van der Waals surface area contributed by atoms with Crippen LogP contribution in [0.25, 0.3) is 11.0 Å². The second-order valence-corrected chi connectivity index (χ2v) is 9.68. The summed E-state index contributed by atoms with van der Waals surface area (Å²) in [6.45, 7) is 1.84. The Morgan fingerprint density at radius 1 is 1.17 bits per heavy atom.